The SMILES string of the molecule is CSc1nc(N)cc(Sc2cnccn2)n1. The number of anilines is 1. The summed E-state index contributed by atoms with van der Waals surface area (Å²) in [6, 6.07) is 1.72. The molecule has 0 radical (unpaired) electrons. The number of aromatic nitrogens is 4. The van der Waals surface area contributed by atoms with Gasteiger partial charge in [-0.25, -0.2) is 15.0 Å². The number of rotatable bonds is 3. The van der Waals surface area contributed by atoms with Crippen LogP contribution in [-0.4, -0.2) is 26.2 Å². The van der Waals surface area contributed by atoms with Crippen molar-refractivity contribution in [2.24, 2.45) is 0 Å². The summed E-state index contributed by atoms with van der Waals surface area (Å²) in [5, 5.41) is 2.22. The number of nitrogen functional groups attached to an aromatic ring is 1. The quantitative estimate of drug-likeness (QED) is 0.505. The van der Waals surface area contributed by atoms with Crippen LogP contribution in [-0.2, 0) is 0 Å². The van der Waals surface area contributed by atoms with E-state index < -0.39 is 0 Å². The van der Waals surface area contributed by atoms with E-state index in [9.17, 15) is 0 Å². The summed E-state index contributed by atoms with van der Waals surface area (Å²) >= 11 is 2.87. The van der Waals surface area contributed by atoms with E-state index in [1.165, 1.54) is 23.5 Å². The maximum Gasteiger partial charge on any atom is 0.190 e. The van der Waals surface area contributed by atoms with Crippen molar-refractivity contribution in [3.63, 3.8) is 0 Å². The van der Waals surface area contributed by atoms with Crippen molar-refractivity contribution < 1.29 is 0 Å². The molecule has 0 aliphatic heterocycles. The molecular weight excluding hydrogens is 242 g/mol. The van der Waals surface area contributed by atoms with Gasteiger partial charge in [0.25, 0.3) is 0 Å². The molecule has 0 amide bonds. The van der Waals surface area contributed by atoms with Crippen molar-refractivity contribution in [3.05, 3.63) is 24.7 Å². The molecule has 82 valence electrons. The Hall–Kier alpha value is -1.34. The highest BCUT2D eigenvalue weighted by Gasteiger charge is 2.04. The van der Waals surface area contributed by atoms with Crippen LogP contribution in [0.2, 0.25) is 0 Å². The van der Waals surface area contributed by atoms with Crippen LogP contribution in [0, 0.1) is 0 Å². The van der Waals surface area contributed by atoms with Gasteiger partial charge in [-0.1, -0.05) is 11.8 Å². The summed E-state index contributed by atoms with van der Waals surface area (Å²) in [6.07, 6.45) is 6.86. The van der Waals surface area contributed by atoms with Gasteiger partial charge in [0.15, 0.2) is 5.16 Å². The smallest absolute Gasteiger partial charge is 0.190 e. The third-order valence-corrected chi connectivity index (χ3v) is 3.02. The van der Waals surface area contributed by atoms with Crippen LogP contribution in [0.15, 0.2) is 39.9 Å². The molecule has 2 N–H and O–H groups in total. The summed E-state index contributed by atoms with van der Waals surface area (Å²) in [5.74, 6) is 0.464. The number of nitrogens with two attached hydrogens (primary N) is 1. The van der Waals surface area contributed by atoms with E-state index in [-0.39, 0.29) is 0 Å². The molecule has 0 aliphatic carbocycles. The zero-order valence-corrected chi connectivity index (χ0v) is 10.1. The average molecular weight is 251 g/mol. The molecular formula is C9H9N5S2. The lowest BCUT2D eigenvalue weighted by Gasteiger charge is -2.02. The molecule has 0 atom stereocenters. The second-order valence-corrected chi connectivity index (χ2v) is 4.58. The van der Waals surface area contributed by atoms with Gasteiger partial charge in [-0.2, -0.15) is 0 Å². The molecule has 0 bridgehead atoms. The third kappa shape index (κ3) is 2.83. The molecule has 0 aromatic carbocycles. The summed E-state index contributed by atoms with van der Waals surface area (Å²) in [7, 11) is 0. The third-order valence-electron chi connectivity index (χ3n) is 1.63. The highest BCUT2D eigenvalue weighted by molar-refractivity contribution is 7.99. The van der Waals surface area contributed by atoms with Crippen molar-refractivity contribution in [2.45, 2.75) is 15.2 Å². The molecule has 0 saturated carbocycles. The fourth-order valence-corrected chi connectivity index (χ4v) is 2.21. The number of hydrogen-bond acceptors (Lipinski definition) is 7. The van der Waals surface area contributed by atoms with Crippen molar-refractivity contribution in [1.82, 2.24) is 19.9 Å². The van der Waals surface area contributed by atoms with Crippen LogP contribution >= 0.6 is 23.5 Å². The molecule has 16 heavy (non-hydrogen) atoms. The minimum Gasteiger partial charge on any atom is -0.384 e. The minimum absolute atomic E-state index is 0.464. The predicted molar refractivity (Wildman–Crippen MR) is 64.4 cm³/mol. The summed E-state index contributed by atoms with van der Waals surface area (Å²) in [6.45, 7) is 0. The van der Waals surface area contributed by atoms with Gasteiger partial charge >= 0.3 is 0 Å². The van der Waals surface area contributed by atoms with Gasteiger partial charge in [0.2, 0.25) is 0 Å². The van der Waals surface area contributed by atoms with E-state index in [1.807, 2.05) is 6.26 Å². The predicted octanol–water partition coefficient (Wildman–Crippen LogP) is 1.72. The van der Waals surface area contributed by atoms with Gasteiger partial charge < -0.3 is 5.73 Å². The highest BCUT2D eigenvalue weighted by Crippen LogP contribution is 2.25. The maximum absolute atomic E-state index is 5.67. The Bertz CT molecular complexity index is 477. The normalized spacial score (nSPS) is 10.3. The van der Waals surface area contributed by atoms with E-state index in [1.54, 1.807) is 24.7 Å². The van der Waals surface area contributed by atoms with Gasteiger partial charge in [0, 0.05) is 18.5 Å². The second kappa shape index (κ2) is 5.13. The number of hydrogen-bond donors (Lipinski definition) is 1. The lowest BCUT2D eigenvalue weighted by atomic mass is 10.6. The fourth-order valence-electron chi connectivity index (χ4n) is 1.01. The van der Waals surface area contributed by atoms with Crippen molar-refractivity contribution >= 4 is 29.3 Å². The molecule has 0 spiro atoms. The van der Waals surface area contributed by atoms with E-state index in [0.29, 0.717) is 11.0 Å². The molecule has 2 aromatic rings. The molecule has 7 heteroatoms. The Morgan fingerprint density at radius 1 is 1.19 bits per heavy atom. The Kier molecular flexibility index (Phi) is 3.58. The zero-order chi connectivity index (χ0) is 11.4. The first-order chi connectivity index (χ1) is 7.78. The van der Waals surface area contributed by atoms with Crippen LogP contribution in [0.3, 0.4) is 0 Å². The van der Waals surface area contributed by atoms with Crippen molar-refractivity contribution in [3.8, 4) is 0 Å². The largest absolute Gasteiger partial charge is 0.384 e. The second-order valence-electron chi connectivity index (χ2n) is 2.76. The minimum atomic E-state index is 0.464. The topological polar surface area (TPSA) is 77.6 Å². The molecule has 5 nitrogen and oxygen atoms in total. The molecule has 0 unspecified atom stereocenters. The summed E-state index contributed by atoms with van der Waals surface area (Å²) in [5.41, 5.74) is 5.67. The van der Waals surface area contributed by atoms with Crippen LogP contribution < -0.4 is 5.73 Å². The van der Waals surface area contributed by atoms with Gasteiger partial charge in [-0.15, -0.1) is 0 Å². The van der Waals surface area contributed by atoms with E-state index >= 15 is 0 Å². The van der Waals surface area contributed by atoms with Gasteiger partial charge in [-0.05, 0) is 18.0 Å². The van der Waals surface area contributed by atoms with Gasteiger partial charge in [0.1, 0.15) is 15.9 Å². The summed E-state index contributed by atoms with van der Waals surface area (Å²) < 4.78 is 0. The Balaban J connectivity index is 2.24. The van der Waals surface area contributed by atoms with Gasteiger partial charge in [-0.3, -0.25) is 4.98 Å². The number of nitrogens with zero attached hydrogens (tertiary/aromatic N) is 4. The number of thioether (sulfide) groups is 1. The van der Waals surface area contributed by atoms with Crippen LogP contribution in [0.25, 0.3) is 0 Å². The van der Waals surface area contributed by atoms with E-state index in [4.69, 9.17) is 5.73 Å². The Morgan fingerprint density at radius 3 is 2.75 bits per heavy atom. The molecule has 0 aliphatic rings. The zero-order valence-electron chi connectivity index (χ0n) is 8.49. The van der Waals surface area contributed by atoms with Crippen LogP contribution in [0.4, 0.5) is 5.82 Å². The fraction of sp³-hybridized carbons (Fsp3) is 0.111. The maximum atomic E-state index is 5.67. The average Bonchev–Trinajstić information content (AvgIpc) is 2.29. The van der Waals surface area contributed by atoms with Crippen LogP contribution in [0.1, 0.15) is 0 Å². The molecule has 0 fully saturated rings. The monoisotopic (exact) mass is 251 g/mol. The molecule has 0 saturated heterocycles. The summed E-state index contributed by atoms with van der Waals surface area (Å²) in [4.78, 5) is 16.5. The van der Waals surface area contributed by atoms with Crippen LogP contribution in [0.5, 0.6) is 0 Å². The molecule has 2 aromatic heterocycles. The van der Waals surface area contributed by atoms with Crippen molar-refractivity contribution in [1.29, 1.82) is 0 Å². The Labute approximate surface area is 101 Å². The standard InChI is InChI=1S/C9H9N5S2/c1-15-9-13-6(10)4-7(14-9)16-8-5-11-2-3-12-8/h2-5H,1H3,(H2,10,13,14). The Morgan fingerprint density at radius 2 is 2.06 bits per heavy atom. The first-order valence-corrected chi connectivity index (χ1v) is 6.44. The van der Waals surface area contributed by atoms with E-state index in [0.717, 1.165) is 10.1 Å². The lowest BCUT2D eigenvalue weighted by Crippen LogP contribution is -1.95. The molecule has 2 rings (SSSR count). The van der Waals surface area contributed by atoms with Crippen molar-refractivity contribution in [2.75, 3.05) is 12.0 Å². The molecule has 2 heterocycles. The first kappa shape index (κ1) is 11.2. The van der Waals surface area contributed by atoms with Gasteiger partial charge in [0.05, 0.1) is 6.20 Å². The highest BCUT2D eigenvalue weighted by atomic mass is 32.2. The van der Waals surface area contributed by atoms with E-state index in [2.05, 4.69) is 19.9 Å². The lowest BCUT2D eigenvalue weighted by molar-refractivity contribution is 0.899. The first-order valence-electron chi connectivity index (χ1n) is 4.40.